The van der Waals surface area contributed by atoms with E-state index in [0.29, 0.717) is 35.9 Å². The van der Waals surface area contributed by atoms with Gasteiger partial charge in [-0.05, 0) is 30.5 Å². The number of ether oxygens (including phenoxy) is 3. The molecule has 0 spiro atoms. The number of rotatable bonds is 8. The number of hydrogen-bond acceptors (Lipinski definition) is 8. The summed E-state index contributed by atoms with van der Waals surface area (Å²) >= 11 is 0. The zero-order valence-corrected chi connectivity index (χ0v) is 17.1. The van der Waals surface area contributed by atoms with Crippen molar-refractivity contribution in [1.82, 2.24) is 19.5 Å². The van der Waals surface area contributed by atoms with E-state index < -0.39 is 0 Å². The van der Waals surface area contributed by atoms with Crippen molar-refractivity contribution in [2.45, 2.75) is 33.2 Å². The van der Waals surface area contributed by atoms with Gasteiger partial charge >= 0.3 is 12.0 Å². The molecule has 0 aliphatic carbocycles. The maximum Gasteiger partial charge on any atom is 0.338 e. The number of hydrogen-bond donors (Lipinski definition) is 1. The summed E-state index contributed by atoms with van der Waals surface area (Å²) in [6.45, 7) is 4.81. The number of methoxy groups -OCH3 is 2. The van der Waals surface area contributed by atoms with Gasteiger partial charge in [0.2, 0.25) is 0 Å². The molecule has 0 unspecified atom stereocenters. The predicted octanol–water partition coefficient (Wildman–Crippen LogP) is 2.74. The summed E-state index contributed by atoms with van der Waals surface area (Å²) in [5.74, 6) is -0.164. The van der Waals surface area contributed by atoms with E-state index in [1.807, 2.05) is 19.1 Å². The molecule has 0 fully saturated rings. The lowest BCUT2D eigenvalue weighted by Crippen LogP contribution is -2.09. The average Bonchev–Trinajstić information content (AvgIpc) is 3.07. The number of nitrogens with zero attached hydrogens (tertiary/aromatic N) is 4. The van der Waals surface area contributed by atoms with E-state index in [0.717, 1.165) is 24.0 Å². The van der Waals surface area contributed by atoms with Crippen molar-refractivity contribution in [3.05, 3.63) is 34.9 Å². The number of aryl methyl sites for hydroxylation is 1. The van der Waals surface area contributed by atoms with Gasteiger partial charge in [0.05, 0.1) is 32.9 Å². The highest BCUT2D eigenvalue weighted by Gasteiger charge is 2.19. The van der Waals surface area contributed by atoms with E-state index in [-0.39, 0.29) is 17.8 Å². The van der Waals surface area contributed by atoms with Gasteiger partial charge in [-0.3, -0.25) is 4.57 Å². The van der Waals surface area contributed by atoms with Crippen LogP contribution in [0.25, 0.3) is 11.2 Å². The third kappa shape index (κ3) is 4.23. The highest BCUT2D eigenvalue weighted by molar-refractivity contribution is 5.91. The molecule has 0 atom stereocenters. The van der Waals surface area contributed by atoms with Crippen LogP contribution in [-0.2, 0) is 11.3 Å². The summed E-state index contributed by atoms with van der Waals surface area (Å²) in [6, 6.07) is 6.13. The van der Waals surface area contributed by atoms with Gasteiger partial charge in [-0.2, -0.15) is 15.0 Å². The summed E-state index contributed by atoms with van der Waals surface area (Å²) in [7, 11) is 2.88. The molecule has 3 rings (SSSR count). The molecule has 0 saturated heterocycles. The van der Waals surface area contributed by atoms with Gasteiger partial charge in [0.1, 0.15) is 0 Å². The first-order valence-corrected chi connectivity index (χ1v) is 9.36. The Bertz CT molecular complexity index is 1030. The first-order chi connectivity index (χ1) is 14.0. The number of carbonyl (C=O) groups excluding carboxylic acids is 1. The van der Waals surface area contributed by atoms with Crippen LogP contribution in [0.2, 0.25) is 0 Å². The molecular formula is C20H25N5O4. The van der Waals surface area contributed by atoms with Crippen molar-refractivity contribution in [2.75, 3.05) is 26.6 Å². The SMILES string of the molecule is CCCCOc1nc(N)c2nc(OC)n(Cc3ccc(C)c(C(=O)OC)c3)c2n1. The van der Waals surface area contributed by atoms with Crippen LogP contribution < -0.4 is 15.2 Å². The molecule has 0 radical (unpaired) electrons. The molecule has 0 aliphatic heterocycles. The number of nitrogen functional groups attached to an aromatic ring is 1. The smallest absolute Gasteiger partial charge is 0.338 e. The third-order valence-corrected chi connectivity index (χ3v) is 4.53. The number of unbranched alkanes of at least 4 members (excludes halogenated alkanes) is 1. The zero-order chi connectivity index (χ0) is 21.0. The predicted molar refractivity (Wildman–Crippen MR) is 108 cm³/mol. The molecule has 154 valence electrons. The second-order valence-electron chi connectivity index (χ2n) is 6.59. The second kappa shape index (κ2) is 8.76. The summed E-state index contributed by atoms with van der Waals surface area (Å²) in [4.78, 5) is 25.1. The van der Waals surface area contributed by atoms with Gasteiger partial charge in [0.15, 0.2) is 17.0 Å². The normalized spacial score (nSPS) is 10.9. The monoisotopic (exact) mass is 399 g/mol. The summed E-state index contributed by atoms with van der Waals surface area (Å²) < 4.78 is 17.7. The molecule has 2 N–H and O–H groups in total. The van der Waals surface area contributed by atoms with Crippen molar-refractivity contribution < 1.29 is 19.0 Å². The molecule has 9 nitrogen and oxygen atoms in total. The Morgan fingerprint density at radius 1 is 1.21 bits per heavy atom. The van der Waals surface area contributed by atoms with Crippen molar-refractivity contribution in [3.63, 3.8) is 0 Å². The van der Waals surface area contributed by atoms with Crippen LogP contribution in [0, 0.1) is 6.92 Å². The molecule has 0 bridgehead atoms. The van der Waals surface area contributed by atoms with Gasteiger partial charge in [0, 0.05) is 0 Å². The quantitative estimate of drug-likeness (QED) is 0.454. The average molecular weight is 399 g/mol. The number of esters is 1. The molecule has 9 heteroatoms. The second-order valence-corrected chi connectivity index (χ2v) is 6.59. The Morgan fingerprint density at radius 2 is 2.00 bits per heavy atom. The molecule has 0 aliphatic rings. The maximum atomic E-state index is 12.0. The minimum absolute atomic E-state index is 0.200. The number of aromatic nitrogens is 4. The van der Waals surface area contributed by atoms with E-state index in [1.165, 1.54) is 14.2 Å². The maximum absolute atomic E-state index is 12.0. The van der Waals surface area contributed by atoms with Crippen molar-refractivity contribution in [2.24, 2.45) is 0 Å². The minimum atomic E-state index is -0.384. The molecule has 29 heavy (non-hydrogen) atoms. The first kappa shape index (κ1) is 20.4. The van der Waals surface area contributed by atoms with Crippen molar-refractivity contribution in [3.8, 4) is 12.0 Å². The van der Waals surface area contributed by atoms with Crippen LogP contribution in [0.4, 0.5) is 5.82 Å². The number of anilines is 1. The Hall–Kier alpha value is -3.36. The van der Waals surface area contributed by atoms with Crippen LogP contribution in [0.1, 0.15) is 41.3 Å². The van der Waals surface area contributed by atoms with E-state index in [1.54, 1.807) is 10.6 Å². The van der Waals surface area contributed by atoms with Gasteiger partial charge < -0.3 is 19.9 Å². The third-order valence-electron chi connectivity index (χ3n) is 4.53. The van der Waals surface area contributed by atoms with Crippen LogP contribution in [-0.4, -0.2) is 46.3 Å². The number of benzene rings is 1. The fraction of sp³-hybridized carbons (Fsp3) is 0.400. The van der Waals surface area contributed by atoms with Gasteiger partial charge in [-0.25, -0.2) is 4.79 Å². The number of carbonyl (C=O) groups is 1. The fourth-order valence-electron chi connectivity index (χ4n) is 2.93. The molecular weight excluding hydrogens is 374 g/mol. The fourth-order valence-corrected chi connectivity index (χ4v) is 2.93. The highest BCUT2D eigenvalue weighted by atomic mass is 16.5. The van der Waals surface area contributed by atoms with Crippen LogP contribution in [0.3, 0.4) is 0 Å². The van der Waals surface area contributed by atoms with Crippen LogP contribution in [0.15, 0.2) is 18.2 Å². The first-order valence-electron chi connectivity index (χ1n) is 9.36. The Labute approximate surface area is 168 Å². The molecule has 1 aromatic carbocycles. The van der Waals surface area contributed by atoms with Gasteiger partial charge in [-0.1, -0.05) is 25.5 Å². The lowest BCUT2D eigenvalue weighted by molar-refractivity contribution is 0.0600. The van der Waals surface area contributed by atoms with Crippen LogP contribution >= 0.6 is 0 Å². The Morgan fingerprint density at radius 3 is 2.69 bits per heavy atom. The lowest BCUT2D eigenvalue weighted by Gasteiger charge is -2.11. The topological polar surface area (TPSA) is 114 Å². The molecule has 2 aromatic heterocycles. The van der Waals surface area contributed by atoms with E-state index >= 15 is 0 Å². The minimum Gasteiger partial charge on any atom is -0.468 e. The molecule has 0 amide bonds. The van der Waals surface area contributed by atoms with E-state index in [9.17, 15) is 4.79 Å². The van der Waals surface area contributed by atoms with Crippen molar-refractivity contribution >= 4 is 23.0 Å². The van der Waals surface area contributed by atoms with Crippen LogP contribution in [0.5, 0.6) is 12.0 Å². The molecule has 2 heterocycles. The molecule has 0 saturated carbocycles. The largest absolute Gasteiger partial charge is 0.468 e. The highest BCUT2D eigenvalue weighted by Crippen LogP contribution is 2.27. The van der Waals surface area contributed by atoms with E-state index in [4.69, 9.17) is 19.9 Å². The summed E-state index contributed by atoms with van der Waals surface area (Å²) in [5.41, 5.74) is 9.21. The zero-order valence-electron chi connectivity index (χ0n) is 17.1. The standard InChI is InChI=1S/C20H25N5O4/c1-5-6-9-29-19-23-16(21)15-17(24-19)25(20(22-15)28-4)11-13-8-7-12(2)14(10-13)18(26)27-3/h7-8,10H,5-6,9,11H2,1-4H3,(H2,21,23,24). The van der Waals surface area contributed by atoms with Crippen molar-refractivity contribution in [1.29, 1.82) is 0 Å². The summed E-state index contributed by atoms with van der Waals surface area (Å²) in [5, 5.41) is 0. The van der Waals surface area contributed by atoms with Gasteiger partial charge in [0.25, 0.3) is 6.01 Å². The Balaban J connectivity index is 2.03. The summed E-state index contributed by atoms with van der Waals surface area (Å²) in [6.07, 6.45) is 1.89. The molecule has 3 aromatic rings. The Kier molecular flexibility index (Phi) is 6.16. The number of nitrogens with two attached hydrogens (primary N) is 1. The number of imidazole rings is 1. The van der Waals surface area contributed by atoms with E-state index in [2.05, 4.69) is 21.9 Å². The van der Waals surface area contributed by atoms with Gasteiger partial charge in [-0.15, -0.1) is 0 Å². The number of fused-ring (bicyclic) bond motifs is 1. The lowest BCUT2D eigenvalue weighted by atomic mass is 10.1.